The molecule has 0 bridgehead atoms. The third kappa shape index (κ3) is 4.45. The van der Waals surface area contributed by atoms with Gasteiger partial charge in [0.05, 0.1) is 62.7 Å². The lowest BCUT2D eigenvalue weighted by molar-refractivity contribution is 1.18. The molecule has 9 aromatic rings. The van der Waals surface area contributed by atoms with E-state index in [0.29, 0.717) is 16.7 Å². The topological polar surface area (TPSA) is 81.2 Å². The number of nitriles is 3. The molecule has 0 unspecified atom stereocenters. The van der Waals surface area contributed by atoms with Gasteiger partial charge in [0.2, 0.25) is 0 Å². The van der Waals surface area contributed by atoms with Crippen molar-refractivity contribution in [2.45, 2.75) is 0 Å². The molecular weight excluding hydrogens is 611 g/mol. The molecule has 0 aliphatic rings. The van der Waals surface area contributed by atoms with Crippen LogP contribution in [0.15, 0.2) is 152 Å². The summed E-state index contributed by atoms with van der Waals surface area (Å²) in [6.45, 7) is 0. The summed E-state index contributed by atoms with van der Waals surface area (Å²) in [5, 5.41) is 33.6. The van der Waals surface area contributed by atoms with Gasteiger partial charge in [-0.15, -0.1) is 0 Å². The third-order valence-electron chi connectivity index (χ3n) is 9.58. The van der Waals surface area contributed by atoms with E-state index in [9.17, 15) is 15.8 Å². The van der Waals surface area contributed by atoms with E-state index in [2.05, 4.69) is 100 Å². The molecule has 9 rings (SSSR count). The van der Waals surface area contributed by atoms with E-state index in [0.717, 1.165) is 77.2 Å². The lowest BCUT2D eigenvalue weighted by atomic mass is 9.96. The fourth-order valence-corrected chi connectivity index (χ4v) is 7.34. The summed E-state index contributed by atoms with van der Waals surface area (Å²) in [6.07, 6.45) is 0. The number of hydrogen-bond acceptors (Lipinski definition) is 3. The predicted octanol–water partition coefficient (Wildman–Crippen LogP) is 10.8. The number of rotatable bonds is 4. The second kappa shape index (κ2) is 11.4. The smallest absolute Gasteiger partial charge is 0.0992 e. The molecule has 0 aliphatic heterocycles. The molecule has 50 heavy (non-hydrogen) atoms. The van der Waals surface area contributed by atoms with Crippen molar-refractivity contribution >= 4 is 43.6 Å². The second-order valence-corrected chi connectivity index (χ2v) is 12.4. The maximum atomic E-state index is 9.96. The fourth-order valence-electron chi connectivity index (χ4n) is 7.34. The number of para-hydroxylation sites is 2. The minimum Gasteiger partial charge on any atom is -0.309 e. The Morgan fingerprint density at radius 2 is 0.920 bits per heavy atom. The molecule has 0 saturated heterocycles. The van der Waals surface area contributed by atoms with Crippen LogP contribution in [0, 0.1) is 34.0 Å². The first-order chi connectivity index (χ1) is 24.6. The van der Waals surface area contributed by atoms with Gasteiger partial charge in [0.1, 0.15) is 0 Å². The number of nitrogens with zero attached hydrogens (tertiary/aromatic N) is 5. The van der Waals surface area contributed by atoms with Crippen LogP contribution in [0.2, 0.25) is 0 Å². The first kappa shape index (κ1) is 28.8. The lowest BCUT2D eigenvalue weighted by Crippen LogP contribution is -1.98. The molecule has 0 spiro atoms. The van der Waals surface area contributed by atoms with Gasteiger partial charge in [0.25, 0.3) is 0 Å². The zero-order valence-electron chi connectivity index (χ0n) is 26.7. The van der Waals surface area contributed by atoms with Crippen LogP contribution in [0.3, 0.4) is 0 Å². The molecule has 0 N–H and O–H groups in total. The quantitative estimate of drug-likeness (QED) is 0.193. The van der Waals surface area contributed by atoms with Crippen LogP contribution in [0.1, 0.15) is 16.7 Å². The Hall–Kier alpha value is -7.39. The van der Waals surface area contributed by atoms with E-state index in [-0.39, 0.29) is 0 Å². The van der Waals surface area contributed by atoms with Gasteiger partial charge in [0.15, 0.2) is 0 Å². The molecule has 0 amide bonds. The minimum absolute atomic E-state index is 0.568. The van der Waals surface area contributed by atoms with Crippen molar-refractivity contribution in [3.05, 3.63) is 168 Å². The summed E-state index contributed by atoms with van der Waals surface area (Å²) >= 11 is 0. The summed E-state index contributed by atoms with van der Waals surface area (Å²) in [6, 6.07) is 57.9. The van der Waals surface area contributed by atoms with Gasteiger partial charge in [-0.2, -0.15) is 15.8 Å². The van der Waals surface area contributed by atoms with Crippen molar-refractivity contribution in [1.82, 2.24) is 9.13 Å². The molecule has 5 nitrogen and oxygen atoms in total. The summed E-state index contributed by atoms with van der Waals surface area (Å²) < 4.78 is 4.44. The van der Waals surface area contributed by atoms with Crippen LogP contribution >= 0.6 is 0 Å². The van der Waals surface area contributed by atoms with Crippen molar-refractivity contribution in [1.29, 1.82) is 15.8 Å². The van der Waals surface area contributed by atoms with E-state index < -0.39 is 0 Å². The Bertz CT molecular complexity index is 2970. The Labute approximate surface area is 287 Å². The highest BCUT2D eigenvalue weighted by atomic mass is 15.0. The maximum Gasteiger partial charge on any atom is 0.0992 e. The van der Waals surface area contributed by atoms with Crippen LogP contribution < -0.4 is 0 Å². The van der Waals surface area contributed by atoms with E-state index in [1.54, 1.807) is 0 Å². The number of aromatic nitrogens is 2. The van der Waals surface area contributed by atoms with Crippen LogP contribution in [0.5, 0.6) is 0 Å². The number of benzene rings is 7. The molecule has 0 atom stereocenters. The van der Waals surface area contributed by atoms with Gasteiger partial charge in [-0.05, 0) is 89.5 Å². The third-order valence-corrected chi connectivity index (χ3v) is 9.58. The highest BCUT2D eigenvalue weighted by Gasteiger charge is 2.18. The van der Waals surface area contributed by atoms with Crippen molar-refractivity contribution in [2.75, 3.05) is 0 Å². The summed E-state index contributed by atoms with van der Waals surface area (Å²) in [5.41, 5.74) is 11.9. The largest absolute Gasteiger partial charge is 0.309 e. The standard InChI is InChI=1S/C45H25N5/c46-26-29-17-20-43-40(21-29)38-12-2-4-14-42(38)50(43)44-22-30(27-47)15-18-36(44)34-9-5-7-32(24-34)33-8-6-10-35(25-33)49-41-13-3-1-11-37(41)39-19-16-31(28-48)23-45(39)49/h1-25H. The van der Waals surface area contributed by atoms with Gasteiger partial charge in [-0.3, -0.25) is 0 Å². The minimum atomic E-state index is 0.568. The molecule has 0 aliphatic carbocycles. The highest BCUT2D eigenvalue weighted by Crippen LogP contribution is 2.39. The number of hydrogen-bond donors (Lipinski definition) is 0. The first-order valence-electron chi connectivity index (χ1n) is 16.3. The Morgan fingerprint density at radius 1 is 0.360 bits per heavy atom. The SMILES string of the molecule is N#Cc1ccc(-c2cccc(-c3cccc(-n4c5ccccc5c5ccc(C#N)cc54)c3)c2)c(-n2c3ccccc3c3cc(C#N)ccc32)c1. The van der Waals surface area contributed by atoms with Crippen molar-refractivity contribution in [2.24, 2.45) is 0 Å². The van der Waals surface area contributed by atoms with Crippen LogP contribution in [-0.4, -0.2) is 9.13 Å². The van der Waals surface area contributed by atoms with Gasteiger partial charge in [-0.1, -0.05) is 78.9 Å². The Balaban J connectivity index is 1.22. The molecule has 230 valence electrons. The zero-order chi connectivity index (χ0) is 33.8. The fraction of sp³-hybridized carbons (Fsp3) is 0. The Kier molecular flexibility index (Phi) is 6.56. The van der Waals surface area contributed by atoms with Gasteiger partial charge in [-0.25, -0.2) is 0 Å². The van der Waals surface area contributed by atoms with E-state index in [1.165, 1.54) is 0 Å². The van der Waals surface area contributed by atoms with Crippen LogP contribution in [0.4, 0.5) is 0 Å². The molecule has 0 saturated carbocycles. The lowest BCUT2D eigenvalue weighted by Gasteiger charge is -2.16. The van der Waals surface area contributed by atoms with E-state index in [4.69, 9.17) is 0 Å². The van der Waals surface area contributed by atoms with Crippen LogP contribution in [-0.2, 0) is 0 Å². The monoisotopic (exact) mass is 635 g/mol. The molecule has 0 radical (unpaired) electrons. The van der Waals surface area contributed by atoms with Crippen molar-refractivity contribution < 1.29 is 0 Å². The summed E-state index contributed by atoms with van der Waals surface area (Å²) in [4.78, 5) is 0. The summed E-state index contributed by atoms with van der Waals surface area (Å²) in [7, 11) is 0. The maximum absolute atomic E-state index is 9.96. The van der Waals surface area contributed by atoms with Crippen LogP contribution in [0.25, 0.3) is 77.2 Å². The molecular formula is C45H25N5. The average molecular weight is 636 g/mol. The molecule has 2 aromatic heterocycles. The first-order valence-corrected chi connectivity index (χ1v) is 16.3. The Morgan fingerprint density at radius 3 is 1.70 bits per heavy atom. The normalized spacial score (nSPS) is 11.1. The number of fused-ring (bicyclic) bond motifs is 6. The summed E-state index contributed by atoms with van der Waals surface area (Å²) in [5.74, 6) is 0. The average Bonchev–Trinajstić information content (AvgIpc) is 3.69. The van der Waals surface area contributed by atoms with Gasteiger partial charge >= 0.3 is 0 Å². The molecule has 7 aromatic carbocycles. The van der Waals surface area contributed by atoms with E-state index >= 15 is 0 Å². The molecule has 5 heteroatoms. The molecule has 0 fully saturated rings. The van der Waals surface area contributed by atoms with Crippen molar-refractivity contribution in [3.8, 4) is 51.8 Å². The highest BCUT2D eigenvalue weighted by molar-refractivity contribution is 6.11. The van der Waals surface area contributed by atoms with Gasteiger partial charge in [0, 0.05) is 32.8 Å². The second-order valence-electron chi connectivity index (χ2n) is 12.4. The van der Waals surface area contributed by atoms with Gasteiger partial charge < -0.3 is 9.13 Å². The predicted molar refractivity (Wildman–Crippen MR) is 200 cm³/mol. The van der Waals surface area contributed by atoms with Crippen molar-refractivity contribution in [3.63, 3.8) is 0 Å². The van der Waals surface area contributed by atoms with E-state index in [1.807, 2.05) is 78.9 Å². The molecule has 2 heterocycles. The zero-order valence-corrected chi connectivity index (χ0v) is 26.7.